The zero-order valence-corrected chi connectivity index (χ0v) is 10.9. The molecule has 3 rings (SSSR count). The van der Waals surface area contributed by atoms with Gasteiger partial charge in [0.05, 0.1) is 0 Å². The second-order valence-electron chi connectivity index (χ2n) is 5.04. The average molecular weight is 256 g/mol. The molecule has 0 radical (unpaired) electrons. The van der Waals surface area contributed by atoms with Gasteiger partial charge in [-0.05, 0) is 49.8 Å². The van der Waals surface area contributed by atoms with Crippen LogP contribution >= 0.6 is 0 Å². The number of benzene rings is 1. The molecule has 19 heavy (non-hydrogen) atoms. The lowest BCUT2D eigenvalue weighted by atomic mass is 9.90. The molecule has 1 aromatic heterocycles. The highest BCUT2D eigenvalue weighted by Gasteiger charge is 2.18. The smallest absolute Gasteiger partial charge is 0.354 e. The highest BCUT2D eigenvalue weighted by molar-refractivity contribution is 5.93. The first-order chi connectivity index (χ1) is 9.15. The maximum atomic E-state index is 11.2. The predicted octanol–water partition coefficient (Wildman–Crippen LogP) is 2.96. The van der Waals surface area contributed by atoms with Gasteiger partial charge in [-0.3, -0.25) is 0 Å². The first kappa shape index (κ1) is 12.0. The first-order valence-electron chi connectivity index (χ1n) is 6.57. The molecule has 0 amide bonds. The van der Waals surface area contributed by atoms with Crippen molar-refractivity contribution >= 4 is 5.97 Å². The Morgan fingerprint density at radius 2 is 2.00 bits per heavy atom. The highest BCUT2D eigenvalue weighted by atomic mass is 16.4. The number of hydrogen-bond donors (Lipinski definition) is 2. The zero-order valence-electron chi connectivity index (χ0n) is 10.9. The normalized spacial score (nSPS) is 14.2. The van der Waals surface area contributed by atoms with E-state index in [0.29, 0.717) is 11.5 Å². The summed E-state index contributed by atoms with van der Waals surface area (Å²) in [6.45, 7) is 1.77. The fourth-order valence-electron chi connectivity index (χ4n) is 2.74. The van der Waals surface area contributed by atoms with Gasteiger partial charge < -0.3 is 10.1 Å². The number of aromatic carboxylic acids is 1. The van der Waals surface area contributed by atoms with Crippen LogP contribution in [0.1, 0.15) is 40.3 Å². The van der Waals surface area contributed by atoms with Gasteiger partial charge in [0.25, 0.3) is 0 Å². The summed E-state index contributed by atoms with van der Waals surface area (Å²) >= 11 is 0. The van der Waals surface area contributed by atoms with Crippen molar-refractivity contribution in [1.29, 1.82) is 0 Å². The van der Waals surface area contributed by atoms with Crippen LogP contribution in [0.2, 0.25) is 0 Å². The topological polar surface area (TPSA) is 66.0 Å². The molecule has 2 aromatic rings. The van der Waals surface area contributed by atoms with Crippen LogP contribution in [0.4, 0.5) is 0 Å². The molecule has 0 fully saturated rings. The van der Waals surface area contributed by atoms with Crippen molar-refractivity contribution in [2.75, 3.05) is 0 Å². The molecular weight excluding hydrogens is 240 g/mol. The third-order valence-electron chi connectivity index (χ3n) is 3.66. The minimum absolute atomic E-state index is 0.174. The van der Waals surface area contributed by atoms with Gasteiger partial charge in [0, 0.05) is 5.56 Å². The van der Waals surface area contributed by atoms with Crippen molar-refractivity contribution in [1.82, 2.24) is 9.97 Å². The van der Waals surface area contributed by atoms with Gasteiger partial charge in [-0.1, -0.05) is 12.1 Å². The summed E-state index contributed by atoms with van der Waals surface area (Å²) in [4.78, 5) is 18.4. The quantitative estimate of drug-likeness (QED) is 0.868. The number of aromatic amines is 1. The fourth-order valence-corrected chi connectivity index (χ4v) is 2.74. The number of fused-ring (bicyclic) bond motifs is 1. The number of nitrogens with one attached hydrogen (secondary N) is 1. The Balaban J connectivity index is 2.09. The van der Waals surface area contributed by atoms with E-state index in [9.17, 15) is 9.90 Å². The summed E-state index contributed by atoms with van der Waals surface area (Å²) in [5.41, 5.74) is 4.33. The van der Waals surface area contributed by atoms with Gasteiger partial charge in [-0.2, -0.15) is 0 Å². The molecule has 1 aromatic carbocycles. The first-order valence-corrected chi connectivity index (χ1v) is 6.57. The van der Waals surface area contributed by atoms with Gasteiger partial charge in [0.15, 0.2) is 5.69 Å². The molecule has 0 aliphatic heterocycles. The maximum Gasteiger partial charge on any atom is 0.354 e. The summed E-state index contributed by atoms with van der Waals surface area (Å²) in [6, 6.07) is 6.18. The summed E-state index contributed by atoms with van der Waals surface area (Å²) in [6.07, 6.45) is 4.66. The number of nitrogens with zero attached hydrogens (tertiary/aromatic N) is 1. The number of carboxylic acids is 1. The van der Waals surface area contributed by atoms with Crippen molar-refractivity contribution in [3.05, 3.63) is 40.8 Å². The standard InChI is InChI=1S/C15H16N2O2/c1-9-16-13(14(17-9)15(18)19)12-7-6-10-4-2-3-5-11(10)8-12/h6-8H,2-5H2,1H3,(H,16,17)(H,18,19). The van der Waals surface area contributed by atoms with Crippen LogP contribution < -0.4 is 0 Å². The van der Waals surface area contributed by atoms with Crippen LogP contribution in [-0.4, -0.2) is 21.0 Å². The van der Waals surface area contributed by atoms with E-state index in [1.165, 1.54) is 24.0 Å². The van der Waals surface area contributed by atoms with Crippen molar-refractivity contribution in [2.45, 2.75) is 32.6 Å². The Labute approximate surface area is 111 Å². The molecule has 0 saturated heterocycles. The minimum Gasteiger partial charge on any atom is -0.477 e. The predicted molar refractivity (Wildman–Crippen MR) is 72.4 cm³/mol. The Morgan fingerprint density at radius 1 is 1.26 bits per heavy atom. The van der Waals surface area contributed by atoms with Crippen LogP contribution in [0, 0.1) is 6.92 Å². The summed E-state index contributed by atoms with van der Waals surface area (Å²) < 4.78 is 0. The van der Waals surface area contributed by atoms with Gasteiger partial charge >= 0.3 is 5.97 Å². The number of H-pyrrole nitrogens is 1. The molecule has 0 saturated carbocycles. The number of hydrogen-bond acceptors (Lipinski definition) is 2. The SMILES string of the molecule is Cc1nc(-c2ccc3c(c2)CCCC3)c(C(=O)O)[nH]1. The van der Waals surface area contributed by atoms with E-state index >= 15 is 0 Å². The number of aryl methyl sites for hydroxylation is 3. The Morgan fingerprint density at radius 3 is 2.74 bits per heavy atom. The van der Waals surface area contributed by atoms with Crippen LogP contribution in [0.5, 0.6) is 0 Å². The van der Waals surface area contributed by atoms with E-state index in [2.05, 4.69) is 22.1 Å². The average Bonchev–Trinajstić information content (AvgIpc) is 2.80. The van der Waals surface area contributed by atoms with E-state index in [0.717, 1.165) is 18.4 Å². The molecule has 4 nitrogen and oxygen atoms in total. The lowest BCUT2D eigenvalue weighted by Gasteiger charge is -2.16. The van der Waals surface area contributed by atoms with Crippen molar-refractivity contribution in [3.8, 4) is 11.3 Å². The van der Waals surface area contributed by atoms with Gasteiger partial charge in [-0.25, -0.2) is 9.78 Å². The van der Waals surface area contributed by atoms with Crippen molar-refractivity contribution < 1.29 is 9.90 Å². The summed E-state index contributed by atoms with van der Waals surface area (Å²) in [7, 11) is 0. The number of carbonyl (C=O) groups is 1. The second kappa shape index (κ2) is 4.53. The summed E-state index contributed by atoms with van der Waals surface area (Å²) in [5, 5.41) is 9.21. The molecule has 98 valence electrons. The van der Waals surface area contributed by atoms with Gasteiger partial charge in [0.1, 0.15) is 11.5 Å². The van der Waals surface area contributed by atoms with E-state index in [-0.39, 0.29) is 5.69 Å². The highest BCUT2D eigenvalue weighted by Crippen LogP contribution is 2.28. The molecule has 0 bridgehead atoms. The van der Waals surface area contributed by atoms with Gasteiger partial charge in [-0.15, -0.1) is 0 Å². The van der Waals surface area contributed by atoms with Crippen LogP contribution in [0.25, 0.3) is 11.3 Å². The molecule has 1 aliphatic carbocycles. The molecule has 0 atom stereocenters. The molecule has 1 heterocycles. The number of imidazole rings is 1. The zero-order chi connectivity index (χ0) is 13.4. The molecular formula is C15H16N2O2. The Bertz CT molecular complexity index is 644. The second-order valence-corrected chi connectivity index (χ2v) is 5.04. The molecule has 0 unspecified atom stereocenters. The van der Waals surface area contributed by atoms with Crippen LogP contribution in [0.3, 0.4) is 0 Å². The van der Waals surface area contributed by atoms with E-state index in [1.54, 1.807) is 6.92 Å². The maximum absolute atomic E-state index is 11.2. The third-order valence-corrected chi connectivity index (χ3v) is 3.66. The monoisotopic (exact) mass is 256 g/mol. The van der Waals surface area contributed by atoms with E-state index in [1.807, 2.05) is 6.07 Å². The lowest BCUT2D eigenvalue weighted by molar-refractivity contribution is 0.0692. The number of rotatable bonds is 2. The third kappa shape index (κ3) is 2.14. The number of aromatic nitrogens is 2. The largest absolute Gasteiger partial charge is 0.477 e. The van der Waals surface area contributed by atoms with Crippen LogP contribution in [-0.2, 0) is 12.8 Å². The molecule has 2 N–H and O–H groups in total. The number of carboxylic acid groups (broad SMARTS) is 1. The van der Waals surface area contributed by atoms with Gasteiger partial charge in [0.2, 0.25) is 0 Å². The summed E-state index contributed by atoms with van der Waals surface area (Å²) in [5.74, 6) is -0.335. The van der Waals surface area contributed by atoms with E-state index in [4.69, 9.17) is 0 Å². The van der Waals surface area contributed by atoms with Crippen LogP contribution in [0.15, 0.2) is 18.2 Å². The minimum atomic E-state index is -0.965. The molecule has 0 spiro atoms. The van der Waals surface area contributed by atoms with Crippen molar-refractivity contribution in [2.24, 2.45) is 0 Å². The molecule has 4 heteroatoms. The Kier molecular flexibility index (Phi) is 2.85. The van der Waals surface area contributed by atoms with E-state index < -0.39 is 5.97 Å². The Hall–Kier alpha value is -2.10. The fraction of sp³-hybridized carbons (Fsp3) is 0.333. The molecule has 1 aliphatic rings. The van der Waals surface area contributed by atoms with Crippen molar-refractivity contribution in [3.63, 3.8) is 0 Å². The lowest BCUT2D eigenvalue weighted by Crippen LogP contribution is -2.03.